The van der Waals surface area contributed by atoms with E-state index in [1.54, 1.807) is 0 Å². The van der Waals surface area contributed by atoms with E-state index in [1.165, 1.54) is 0 Å². The molecule has 0 saturated carbocycles. The molecule has 0 radical (unpaired) electrons. The smallest absolute Gasteiger partial charge is 0.250 e. The highest BCUT2D eigenvalue weighted by Gasteiger charge is 2.30. The summed E-state index contributed by atoms with van der Waals surface area (Å²) in [4.78, 5) is 12.2. The largest absolute Gasteiger partial charge is 0.286 e. The van der Waals surface area contributed by atoms with Crippen molar-refractivity contribution < 1.29 is 10.0 Å². The zero-order valence-corrected chi connectivity index (χ0v) is 12.0. The van der Waals surface area contributed by atoms with Gasteiger partial charge in [-0.2, -0.15) is 0 Å². The summed E-state index contributed by atoms with van der Waals surface area (Å²) in [5, 5.41) is 11.2. The average Bonchev–Trinajstić information content (AvgIpc) is 2.93. The summed E-state index contributed by atoms with van der Waals surface area (Å²) in [6.45, 7) is 2.16. The molecule has 0 heterocycles. The maximum atomic E-state index is 12.2. The van der Waals surface area contributed by atoms with Gasteiger partial charge in [-0.05, 0) is 18.4 Å². The van der Waals surface area contributed by atoms with Gasteiger partial charge in [0.25, 0.3) is 5.91 Å². The third kappa shape index (κ3) is 3.70. The molecule has 1 aliphatic rings. The van der Waals surface area contributed by atoms with E-state index in [-0.39, 0.29) is 18.4 Å². The van der Waals surface area contributed by atoms with E-state index in [1.807, 2.05) is 30.3 Å². The van der Waals surface area contributed by atoms with Crippen molar-refractivity contribution in [1.29, 1.82) is 0 Å². The fraction of sp³-hybridized carbons (Fsp3) is 0.471. The fourth-order valence-electron chi connectivity index (χ4n) is 2.74. The van der Waals surface area contributed by atoms with Crippen LogP contribution < -0.4 is 0 Å². The summed E-state index contributed by atoms with van der Waals surface area (Å²) >= 11 is 0. The summed E-state index contributed by atoms with van der Waals surface area (Å²) in [5.41, 5.74) is 0.938. The van der Waals surface area contributed by atoms with Gasteiger partial charge in [0.15, 0.2) is 0 Å². The van der Waals surface area contributed by atoms with Crippen molar-refractivity contribution in [2.24, 2.45) is 5.92 Å². The van der Waals surface area contributed by atoms with Crippen molar-refractivity contribution in [3.63, 3.8) is 0 Å². The molecule has 108 valence electrons. The van der Waals surface area contributed by atoms with Gasteiger partial charge >= 0.3 is 0 Å². The Bertz CT molecular complexity index is 455. The number of amides is 1. The van der Waals surface area contributed by atoms with Crippen molar-refractivity contribution in [2.75, 3.05) is 0 Å². The van der Waals surface area contributed by atoms with Gasteiger partial charge in [-0.25, -0.2) is 5.06 Å². The molecule has 0 aromatic heterocycles. The van der Waals surface area contributed by atoms with Crippen molar-refractivity contribution in [2.45, 2.75) is 45.1 Å². The highest BCUT2D eigenvalue weighted by atomic mass is 16.5. The molecule has 0 spiro atoms. The maximum absolute atomic E-state index is 12.2. The maximum Gasteiger partial charge on any atom is 0.250 e. The number of benzene rings is 1. The molecule has 1 aromatic rings. The number of rotatable bonds is 6. The minimum absolute atomic E-state index is 0.0854. The molecule has 2 atom stereocenters. The SMILES string of the molecule is CCCC[C@@H]1C=CC[C@H]1N(O)C(=O)Cc1ccccc1. The van der Waals surface area contributed by atoms with Gasteiger partial charge in [-0.3, -0.25) is 10.0 Å². The molecule has 0 aliphatic heterocycles. The van der Waals surface area contributed by atoms with Gasteiger partial charge < -0.3 is 0 Å². The average molecular weight is 273 g/mol. The van der Waals surface area contributed by atoms with Gasteiger partial charge in [-0.1, -0.05) is 62.2 Å². The van der Waals surface area contributed by atoms with Crippen LogP contribution in [0.4, 0.5) is 0 Å². The number of nitrogens with zero attached hydrogens (tertiary/aromatic N) is 1. The number of unbranched alkanes of at least 4 members (excludes halogenated alkanes) is 1. The zero-order valence-electron chi connectivity index (χ0n) is 12.0. The van der Waals surface area contributed by atoms with Gasteiger partial charge in [0.05, 0.1) is 12.5 Å². The number of hydroxylamine groups is 2. The highest BCUT2D eigenvalue weighted by Crippen LogP contribution is 2.27. The molecular weight excluding hydrogens is 250 g/mol. The molecule has 3 nitrogen and oxygen atoms in total. The van der Waals surface area contributed by atoms with Crippen molar-refractivity contribution in [3.05, 3.63) is 48.0 Å². The summed E-state index contributed by atoms with van der Waals surface area (Å²) in [7, 11) is 0. The molecular formula is C17H23NO2. The van der Waals surface area contributed by atoms with Gasteiger partial charge in [0.1, 0.15) is 0 Å². The lowest BCUT2D eigenvalue weighted by molar-refractivity contribution is -0.177. The van der Waals surface area contributed by atoms with Crippen LogP contribution in [-0.4, -0.2) is 22.2 Å². The Labute approximate surface area is 120 Å². The summed E-state index contributed by atoms with van der Waals surface area (Å²) < 4.78 is 0. The topological polar surface area (TPSA) is 40.5 Å². The second-order valence-corrected chi connectivity index (χ2v) is 5.44. The standard InChI is InChI=1S/C17H23NO2/c1-2-3-10-15-11-7-12-16(15)18(20)17(19)13-14-8-5-4-6-9-14/h4-9,11,15-16,20H,2-3,10,12-13H2,1H3/t15-,16-/m1/s1. The predicted octanol–water partition coefficient (Wildman–Crippen LogP) is 3.58. The van der Waals surface area contributed by atoms with Crippen LogP contribution in [0.1, 0.15) is 38.2 Å². The molecule has 1 amide bonds. The minimum atomic E-state index is -0.216. The highest BCUT2D eigenvalue weighted by molar-refractivity contribution is 5.78. The van der Waals surface area contributed by atoms with Crippen LogP contribution in [0.15, 0.2) is 42.5 Å². The molecule has 1 N–H and O–H groups in total. The van der Waals surface area contributed by atoms with Crippen LogP contribution in [0, 0.1) is 5.92 Å². The molecule has 2 rings (SSSR count). The Kier molecular flexibility index (Phi) is 5.36. The number of hydrogen-bond acceptors (Lipinski definition) is 2. The van der Waals surface area contributed by atoms with Crippen LogP contribution in [0.3, 0.4) is 0 Å². The third-order valence-electron chi connectivity index (χ3n) is 3.91. The van der Waals surface area contributed by atoms with E-state index in [0.29, 0.717) is 5.92 Å². The van der Waals surface area contributed by atoms with E-state index >= 15 is 0 Å². The number of carbonyl (C=O) groups excluding carboxylic acids is 1. The Morgan fingerprint density at radius 3 is 2.80 bits per heavy atom. The lowest BCUT2D eigenvalue weighted by atomic mass is 9.96. The Balaban J connectivity index is 1.93. The Hall–Kier alpha value is -1.61. The lowest BCUT2D eigenvalue weighted by Crippen LogP contribution is -2.41. The normalized spacial score (nSPS) is 21.1. The van der Waals surface area contributed by atoms with Crippen molar-refractivity contribution in [1.82, 2.24) is 5.06 Å². The summed E-state index contributed by atoms with van der Waals surface area (Å²) in [6.07, 6.45) is 8.53. The zero-order chi connectivity index (χ0) is 14.4. The van der Waals surface area contributed by atoms with Gasteiger partial charge in [0, 0.05) is 5.92 Å². The molecule has 1 aromatic carbocycles. The van der Waals surface area contributed by atoms with Crippen LogP contribution in [0.25, 0.3) is 0 Å². The molecule has 0 bridgehead atoms. The number of hydrogen-bond donors (Lipinski definition) is 1. The minimum Gasteiger partial charge on any atom is -0.286 e. The fourth-order valence-corrected chi connectivity index (χ4v) is 2.74. The van der Waals surface area contributed by atoms with E-state index in [0.717, 1.165) is 36.3 Å². The first-order chi connectivity index (χ1) is 9.72. The van der Waals surface area contributed by atoms with E-state index < -0.39 is 0 Å². The predicted molar refractivity (Wildman–Crippen MR) is 79.3 cm³/mol. The first kappa shape index (κ1) is 14.8. The van der Waals surface area contributed by atoms with E-state index in [4.69, 9.17) is 0 Å². The second kappa shape index (κ2) is 7.25. The van der Waals surface area contributed by atoms with Crippen molar-refractivity contribution in [3.8, 4) is 0 Å². The lowest BCUT2D eigenvalue weighted by Gasteiger charge is -2.27. The van der Waals surface area contributed by atoms with Crippen LogP contribution in [0.2, 0.25) is 0 Å². The molecule has 3 heteroatoms. The summed E-state index contributed by atoms with van der Waals surface area (Å²) in [5.74, 6) is 0.0751. The second-order valence-electron chi connectivity index (χ2n) is 5.44. The molecule has 0 fully saturated rings. The van der Waals surface area contributed by atoms with Crippen molar-refractivity contribution >= 4 is 5.91 Å². The van der Waals surface area contributed by atoms with E-state index in [9.17, 15) is 10.0 Å². The Morgan fingerprint density at radius 1 is 1.35 bits per heavy atom. The quantitative estimate of drug-likeness (QED) is 0.489. The first-order valence-electron chi connectivity index (χ1n) is 7.44. The molecule has 1 aliphatic carbocycles. The van der Waals surface area contributed by atoms with E-state index in [2.05, 4.69) is 19.1 Å². The van der Waals surface area contributed by atoms with Gasteiger partial charge in [-0.15, -0.1) is 0 Å². The van der Waals surface area contributed by atoms with Crippen LogP contribution in [0.5, 0.6) is 0 Å². The first-order valence-corrected chi connectivity index (χ1v) is 7.44. The third-order valence-corrected chi connectivity index (χ3v) is 3.91. The van der Waals surface area contributed by atoms with Crippen LogP contribution in [-0.2, 0) is 11.2 Å². The number of carbonyl (C=O) groups is 1. The van der Waals surface area contributed by atoms with Gasteiger partial charge in [0.2, 0.25) is 0 Å². The molecule has 20 heavy (non-hydrogen) atoms. The monoisotopic (exact) mass is 273 g/mol. The molecule has 0 saturated heterocycles. The molecule has 0 unspecified atom stereocenters. The summed E-state index contributed by atoms with van der Waals surface area (Å²) in [6, 6.07) is 9.47. The Morgan fingerprint density at radius 2 is 2.10 bits per heavy atom. The van der Waals surface area contributed by atoms with Crippen LogP contribution >= 0.6 is 0 Å².